The number of furan rings is 1. The summed E-state index contributed by atoms with van der Waals surface area (Å²) in [6.45, 7) is 5.35. The molecule has 1 aromatic carbocycles. The van der Waals surface area contributed by atoms with E-state index in [1.54, 1.807) is 12.3 Å². The molecule has 0 unspecified atom stereocenters. The zero-order chi connectivity index (χ0) is 15.7. The van der Waals surface area contributed by atoms with Gasteiger partial charge in [0.15, 0.2) is 0 Å². The summed E-state index contributed by atoms with van der Waals surface area (Å²) in [5.74, 6) is 0.904. The Balaban J connectivity index is 1.96. The summed E-state index contributed by atoms with van der Waals surface area (Å²) in [4.78, 5) is 14.0. The normalized spacial score (nSPS) is 11.5. The standard InChI is InChI=1S/C18H19NO3/c1-12-6-7-16-14(9-17(20)22-18(16)13(12)2)10-19(3)11-15-5-4-8-21-15/h4-9H,10-11H2,1-3H3. The molecule has 114 valence electrons. The minimum atomic E-state index is -0.303. The van der Waals surface area contributed by atoms with Crippen LogP contribution in [-0.4, -0.2) is 11.9 Å². The van der Waals surface area contributed by atoms with Crippen LogP contribution in [0, 0.1) is 13.8 Å². The Morgan fingerprint density at radius 1 is 1.14 bits per heavy atom. The van der Waals surface area contributed by atoms with Gasteiger partial charge in [0.2, 0.25) is 0 Å². The van der Waals surface area contributed by atoms with E-state index >= 15 is 0 Å². The largest absolute Gasteiger partial charge is 0.468 e. The van der Waals surface area contributed by atoms with Crippen molar-refractivity contribution in [2.75, 3.05) is 7.05 Å². The van der Waals surface area contributed by atoms with Crippen molar-refractivity contribution in [3.05, 3.63) is 69.5 Å². The molecular formula is C18H19NO3. The van der Waals surface area contributed by atoms with Gasteiger partial charge in [-0.25, -0.2) is 4.79 Å². The first-order chi connectivity index (χ1) is 10.5. The van der Waals surface area contributed by atoms with Crippen molar-refractivity contribution in [3.8, 4) is 0 Å². The monoisotopic (exact) mass is 297 g/mol. The zero-order valence-corrected chi connectivity index (χ0v) is 13.1. The third-order valence-electron chi connectivity index (χ3n) is 3.96. The summed E-state index contributed by atoms with van der Waals surface area (Å²) in [7, 11) is 2.00. The molecule has 2 aromatic heterocycles. The van der Waals surface area contributed by atoms with Crippen LogP contribution in [0.4, 0.5) is 0 Å². The molecular weight excluding hydrogens is 278 g/mol. The fourth-order valence-corrected chi connectivity index (χ4v) is 2.67. The number of nitrogens with zero attached hydrogens (tertiary/aromatic N) is 1. The maximum absolute atomic E-state index is 11.9. The first-order valence-corrected chi connectivity index (χ1v) is 7.28. The molecule has 0 aliphatic rings. The molecule has 0 bridgehead atoms. The Morgan fingerprint density at radius 2 is 1.95 bits per heavy atom. The highest BCUT2D eigenvalue weighted by Crippen LogP contribution is 2.24. The van der Waals surface area contributed by atoms with Crippen LogP contribution in [-0.2, 0) is 13.1 Å². The summed E-state index contributed by atoms with van der Waals surface area (Å²) in [5.41, 5.74) is 3.50. The molecule has 3 aromatic rings. The van der Waals surface area contributed by atoms with Crippen LogP contribution in [0.25, 0.3) is 11.0 Å². The molecule has 0 aliphatic heterocycles. The van der Waals surface area contributed by atoms with Gasteiger partial charge in [-0.05, 0) is 49.7 Å². The molecule has 0 aliphatic carbocycles. The lowest BCUT2D eigenvalue weighted by atomic mass is 10.0. The SMILES string of the molecule is Cc1ccc2c(CN(C)Cc3ccco3)cc(=O)oc2c1C. The van der Waals surface area contributed by atoms with Gasteiger partial charge in [0, 0.05) is 18.0 Å². The molecule has 2 heterocycles. The number of aryl methyl sites for hydroxylation is 2. The number of hydrogen-bond donors (Lipinski definition) is 0. The van der Waals surface area contributed by atoms with Gasteiger partial charge in [0.25, 0.3) is 0 Å². The molecule has 0 fully saturated rings. The first kappa shape index (κ1) is 14.6. The minimum Gasteiger partial charge on any atom is -0.468 e. The highest BCUT2D eigenvalue weighted by atomic mass is 16.4. The molecule has 4 heteroatoms. The Labute approximate surface area is 129 Å². The molecule has 0 amide bonds. The molecule has 0 radical (unpaired) electrons. The van der Waals surface area contributed by atoms with E-state index in [4.69, 9.17) is 8.83 Å². The van der Waals surface area contributed by atoms with Crippen LogP contribution in [0.5, 0.6) is 0 Å². The van der Waals surface area contributed by atoms with Crippen LogP contribution in [0.1, 0.15) is 22.5 Å². The van der Waals surface area contributed by atoms with Crippen molar-refractivity contribution < 1.29 is 8.83 Å². The number of rotatable bonds is 4. The lowest BCUT2D eigenvalue weighted by Gasteiger charge is -2.16. The van der Waals surface area contributed by atoms with E-state index in [1.165, 1.54) is 0 Å². The van der Waals surface area contributed by atoms with Gasteiger partial charge in [-0.15, -0.1) is 0 Å². The number of fused-ring (bicyclic) bond motifs is 1. The Kier molecular flexibility index (Phi) is 3.86. The maximum Gasteiger partial charge on any atom is 0.336 e. The van der Waals surface area contributed by atoms with Gasteiger partial charge < -0.3 is 8.83 Å². The highest BCUT2D eigenvalue weighted by Gasteiger charge is 2.12. The van der Waals surface area contributed by atoms with Gasteiger partial charge in [0.1, 0.15) is 11.3 Å². The van der Waals surface area contributed by atoms with Gasteiger partial charge in [-0.3, -0.25) is 4.90 Å². The van der Waals surface area contributed by atoms with Gasteiger partial charge in [-0.2, -0.15) is 0 Å². The summed E-state index contributed by atoms with van der Waals surface area (Å²) in [6, 6.07) is 9.49. The van der Waals surface area contributed by atoms with Crippen LogP contribution in [0.15, 0.2) is 50.2 Å². The zero-order valence-electron chi connectivity index (χ0n) is 13.1. The van der Waals surface area contributed by atoms with Crippen LogP contribution < -0.4 is 5.63 Å². The molecule has 3 rings (SSSR count). The molecule has 0 saturated carbocycles. The Hall–Kier alpha value is -2.33. The number of hydrogen-bond acceptors (Lipinski definition) is 4. The molecule has 0 N–H and O–H groups in total. The maximum atomic E-state index is 11.9. The molecule has 22 heavy (non-hydrogen) atoms. The fraction of sp³-hybridized carbons (Fsp3) is 0.278. The summed E-state index contributed by atoms with van der Waals surface area (Å²) >= 11 is 0. The first-order valence-electron chi connectivity index (χ1n) is 7.28. The van der Waals surface area contributed by atoms with E-state index in [9.17, 15) is 4.79 Å². The topological polar surface area (TPSA) is 46.6 Å². The molecule has 0 saturated heterocycles. The minimum absolute atomic E-state index is 0.303. The van der Waals surface area contributed by atoms with E-state index < -0.39 is 0 Å². The second-order valence-electron chi connectivity index (χ2n) is 5.73. The van der Waals surface area contributed by atoms with Crippen molar-refractivity contribution in [1.82, 2.24) is 4.90 Å². The van der Waals surface area contributed by atoms with E-state index in [2.05, 4.69) is 11.0 Å². The average Bonchev–Trinajstić information content (AvgIpc) is 2.96. The van der Waals surface area contributed by atoms with Crippen LogP contribution in [0.3, 0.4) is 0 Å². The predicted molar refractivity (Wildman–Crippen MR) is 85.8 cm³/mol. The second-order valence-corrected chi connectivity index (χ2v) is 5.73. The predicted octanol–water partition coefficient (Wildman–Crippen LogP) is 3.63. The average molecular weight is 297 g/mol. The molecule has 0 spiro atoms. The second kappa shape index (κ2) is 5.81. The smallest absolute Gasteiger partial charge is 0.336 e. The van der Waals surface area contributed by atoms with Crippen molar-refractivity contribution in [2.45, 2.75) is 26.9 Å². The molecule has 0 atom stereocenters. The third kappa shape index (κ3) is 2.83. The molecule has 4 nitrogen and oxygen atoms in total. The van der Waals surface area contributed by atoms with Crippen molar-refractivity contribution in [2.24, 2.45) is 0 Å². The number of benzene rings is 1. The fourth-order valence-electron chi connectivity index (χ4n) is 2.67. The van der Waals surface area contributed by atoms with E-state index in [-0.39, 0.29) is 5.63 Å². The van der Waals surface area contributed by atoms with E-state index in [0.717, 1.165) is 27.8 Å². The van der Waals surface area contributed by atoms with Crippen molar-refractivity contribution >= 4 is 11.0 Å². The summed E-state index contributed by atoms with van der Waals surface area (Å²) in [5, 5.41) is 0.994. The van der Waals surface area contributed by atoms with Crippen molar-refractivity contribution in [1.29, 1.82) is 0 Å². The van der Waals surface area contributed by atoms with E-state index in [1.807, 2.05) is 39.1 Å². The summed E-state index contributed by atoms with van der Waals surface area (Å²) < 4.78 is 10.8. The van der Waals surface area contributed by atoms with Crippen LogP contribution in [0.2, 0.25) is 0 Å². The summed E-state index contributed by atoms with van der Waals surface area (Å²) in [6.07, 6.45) is 1.67. The lowest BCUT2D eigenvalue weighted by Crippen LogP contribution is -2.18. The van der Waals surface area contributed by atoms with E-state index in [0.29, 0.717) is 18.7 Å². The lowest BCUT2D eigenvalue weighted by molar-refractivity contribution is 0.288. The van der Waals surface area contributed by atoms with Gasteiger partial charge in [0.05, 0.1) is 12.8 Å². The quantitative estimate of drug-likeness (QED) is 0.690. The Morgan fingerprint density at radius 3 is 2.68 bits per heavy atom. The van der Waals surface area contributed by atoms with Crippen LogP contribution >= 0.6 is 0 Å². The van der Waals surface area contributed by atoms with Crippen molar-refractivity contribution in [3.63, 3.8) is 0 Å². The van der Waals surface area contributed by atoms with Gasteiger partial charge >= 0.3 is 5.63 Å². The Bertz CT molecular complexity index is 847. The third-order valence-corrected chi connectivity index (χ3v) is 3.96. The van der Waals surface area contributed by atoms with Gasteiger partial charge in [-0.1, -0.05) is 12.1 Å². The highest BCUT2D eigenvalue weighted by molar-refractivity contribution is 5.83.